The third kappa shape index (κ3) is 5.43. The van der Waals surface area contributed by atoms with Crippen LogP contribution in [0.5, 0.6) is 0 Å². The number of halogens is 3. The summed E-state index contributed by atoms with van der Waals surface area (Å²) in [6.45, 7) is 5.80. The van der Waals surface area contributed by atoms with Crippen molar-refractivity contribution in [1.82, 2.24) is 15.6 Å². The predicted octanol–water partition coefficient (Wildman–Crippen LogP) is 5.68. The van der Waals surface area contributed by atoms with E-state index in [4.69, 9.17) is 0 Å². The number of fused-ring (bicyclic) bond motifs is 1. The van der Waals surface area contributed by atoms with Crippen molar-refractivity contribution in [1.29, 1.82) is 0 Å². The van der Waals surface area contributed by atoms with Gasteiger partial charge in [0.15, 0.2) is 0 Å². The number of hydrogen-bond acceptors (Lipinski definition) is 4. The Morgan fingerprint density at radius 2 is 1.94 bits per heavy atom. The van der Waals surface area contributed by atoms with Crippen molar-refractivity contribution < 1.29 is 18.0 Å². The van der Waals surface area contributed by atoms with Gasteiger partial charge in [0.25, 0.3) is 0 Å². The molecule has 1 saturated heterocycles. The van der Waals surface area contributed by atoms with E-state index in [1.54, 1.807) is 24.3 Å². The van der Waals surface area contributed by atoms with Crippen LogP contribution in [0.25, 0.3) is 22.4 Å². The van der Waals surface area contributed by atoms with E-state index in [0.717, 1.165) is 57.3 Å². The summed E-state index contributed by atoms with van der Waals surface area (Å²) in [6, 6.07) is 7.46. The standard InChI is InChI=1S/C28H33F3N4O/c1-18(28(29,30)31)25-22-5-2-6-24(34-20-9-11-27(12-10-20)13-15-32-17-27)23(22)16-21(35-25)4-3-14-33-26(36)19-7-8-19/h2-6,16,19-20,32,34H,1,7-15,17H2,(H,33,36)/b4-3+. The highest BCUT2D eigenvalue weighted by Gasteiger charge is 2.38. The zero-order valence-corrected chi connectivity index (χ0v) is 20.4. The van der Waals surface area contributed by atoms with E-state index < -0.39 is 11.7 Å². The van der Waals surface area contributed by atoms with Crippen LogP contribution in [0.4, 0.5) is 18.9 Å². The molecule has 5 nitrogen and oxygen atoms in total. The molecule has 1 spiro atoms. The molecule has 1 amide bonds. The van der Waals surface area contributed by atoms with Crippen LogP contribution in [0.15, 0.2) is 36.9 Å². The largest absolute Gasteiger partial charge is 0.417 e. The molecule has 1 aliphatic heterocycles. The number of anilines is 1. The number of alkyl halides is 3. The fourth-order valence-electron chi connectivity index (χ4n) is 5.52. The van der Waals surface area contributed by atoms with Crippen LogP contribution in [-0.2, 0) is 4.79 Å². The summed E-state index contributed by atoms with van der Waals surface area (Å²) in [4.78, 5) is 16.2. The molecular formula is C28H33F3N4O. The van der Waals surface area contributed by atoms with Crippen molar-refractivity contribution in [2.45, 2.75) is 57.2 Å². The van der Waals surface area contributed by atoms with Gasteiger partial charge in [0, 0.05) is 41.5 Å². The number of nitrogens with one attached hydrogen (secondary N) is 3. The zero-order valence-electron chi connectivity index (χ0n) is 20.4. The van der Waals surface area contributed by atoms with Crippen LogP contribution in [0.2, 0.25) is 0 Å². The summed E-state index contributed by atoms with van der Waals surface area (Å²) < 4.78 is 41.0. The van der Waals surface area contributed by atoms with Crippen LogP contribution in [-0.4, -0.2) is 42.7 Å². The molecule has 8 heteroatoms. The molecule has 36 heavy (non-hydrogen) atoms. The normalized spacial score (nSPS) is 24.5. The number of aromatic nitrogens is 1. The molecule has 1 aromatic heterocycles. The number of benzene rings is 1. The highest BCUT2D eigenvalue weighted by Crippen LogP contribution is 2.42. The van der Waals surface area contributed by atoms with Gasteiger partial charge in [-0.05, 0) is 75.1 Å². The molecule has 0 bridgehead atoms. The summed E-state index contributed by atoms with van der Waals surface area (Å²) >= 11 is 0. The Morgan fingerprint density at radius 1 is 1.17 bits per heavy atom. The second kappa shape index (κ2) is 9.88. The molecule has 192 valence electrons. The lowest BCUT2D eigenvalue weighted by atomic mass is 9.72. The Kier molecular flexibility index (Phi) is 6.81. The molecule has 3 fully saturated rings. The highest BCUT2D eigenvalue weighted by atomic mass is 19.4. The van der Waals surface area contributed by atoms with Crippen molar-refractivity contribution in [2.24, 2.45) is 11.3 Å². The Hall–Kier alpha value is -2.87. The third-order valence-corrected chi connectivity index (χ3v) is 7.89. The van der Waals surface area contributed by atoms with Crippen LogP contribution >= 0.6 is 0 Å². The summed E-state index contributed by atoms with van der Waals surface area (Å²) in [7, 11) is 0. The number of carbonyl (C=O) groups excluding carboxylic acids is 1. The summed E-state index contributed by atoms with van der Waals surface area (Å²) in [6.07, 6.45) is 6.24. The quantitative estimate of drug-likeness (QED) is 0.459. The number of nitrogens with zero attached hydrogens (tertiary/aromatic N) is 1. The van der Waals surface area contributed by atoms with Crippen molar-refractivity contribution in [2.75, 3.05) is 25.0 Å². The maximum atomic E-state index is 13.7. The first-order valence-electron chi connectivity index (χ1n) is 12.9. The van der Waals surface area contributed by atoms with Gasteiger partial charge in [0.1, 0.15) is 0 Å². The maximum absolute atomic E-state index is 13.7. The molecule has 0 radical (unpaired) electrons. The van der Waals surface area contributed by atoms with Crippen molar-refractivity contribution in [3.8, 4) is 0 Å². The Labute approximate surface area is 209 Å². The summed E-state index contributed by atoms with van der Waals surface area (Å²) in [5.41, 5.74) is 0.497. The first kappa shape index (κ1) is 24.8. The van der Waals surface area contributed by atoms with Gasteiger partial charge in [-0.1, -0.05) is 24.8 Å². The van der Waals surface area contributed by atoms with Crippen LogP contribution < -0.4 is 16.0 Å². The molecular weight excluding hydrogens is 465 g/mol. The molecule has 5 rings (SSSR count). The minimum atomic E-state index is -4.59. The molecule has 2 aromatic rings. The van der Waals surface area contributed by atoms with E-state index in [1.165, 1.54) is 6.42 Å². The second-order valence-electron chi connectivity index (χ2n) is 10.5. The lowest BCUT2D eigenvalue weighted by molar-refractivity contribution is -0.122. The van der Waals surface area contributed by atoms with Gasteiger partial charge in [-0.25, -0.2) is 4.98 Å². The van der Waals surface area contributed by atoms with Gasteiger partial charge in [0.2, 0.25) is 5.91 Å². The SMILES string of the molecule is C=C(c1nc(/C=C/CNC(=O)C2CC2)cc2c(NC3CCC4(CCNC4)CC3)cccc12)C(F)(F)F. The number of pyridine rings is 1. The maximum Gasteiger partial charge on any atom is 0.417 e. The van der Waals surface area contributed by atoms with Gasteiger partial charge < -0.3 is 16.0 Å². The minimum Gasteiger partial charge on any atom is -0.382 e. The fraction of sp³-hybridized carbons (Fsp3) is 0.500. The number of allylic oxidation sites excluding steroid dienone is 1. The van der Waals surface area contributed by atoms with Gasteiger partial charge >= 0.3 is 6.18 Å². The highest BCUT2D eigenvalue weighted by molar-refractivity contribution is 6.00. The van der Waals surface area contributed by atoms with E-state index in [1.807, 2.05) is 12.1 Å². The first-order valence-corrected chi connectivity index (χ1v) is 12.9. The molecule has 3 N–H and O–H groups in total. The second-order valence-corrected chi connectivity index (χ2v) is 10.5. The number of carbonyl (C=O) groups is 1. The average Bonchev–Trinajstić information content (AvgIpc) is 3.62. The Morgan fingerprint density at radius 3 is 2.61 bits per heavy atom. The smallest absolute Gasteiger partial charge is 0.382 e. The third-order valence-electron chi connectivity index (χ3n) is 7.89. The minimum absolute atomic E-state index is 0.0198. The lowest BCUT2D eigenvalue weighted by Gasteiger charge is -2.37. The average molecular weight is 499 g/mol. The Balaban J connectivity index is 1.40. The van der Waals surface area contributed by atoms with Crippen LogP contribution in [0.3, 0.4) is 0 Å². The lowest BCUT2D eigenvalue weighted by Crippen LogP contribution is -2.34. The van der Waals surface area contributed by atoms with E-state index in [0.29, 0.717) is 28.4 Å². The summed E-state index contributed by atoms with van der Waals surface area (Å²) in [5.74, 6) is 0.124. The van der Waals surface area contributed by atoms with E-state index in [9.17, 15) is 18.0 Å². The Bertz CT molecular complexity index is 1170. The number of amides is 1. The van der Waals surface area contributed by atoms with Gasteiger partial charge in [0.05, 0.1) is 17.0 Å². The van der Waals surface area contributed by atoms with E-state index in [2.05, 4.69) is 27.5 Å². The topological polar surface area (TPSA) is 66.0 Å². The number of hydrogen-bond donors (Lipinski definition) is 3. The van der Waals surface area contributed by atoms with Gasteiger partial charge in [-0.2, -0.15) is 13.2 Å². The molecule has 0 unspecified atom stereocenters. The molecule has 1 aromatic carbocycles. The fourth-order valence-corrected chi connectivity index (χ4v) is 5.52. The predicted molar refractivity (Wildman–Crippen MR) is 137 cm³/mol. The number of rotatable bonds is 7. The first-order chi connectivity index (χ1) is 17.2. The van der Waals surface area contributed by atoms with E-state index in [-0.39, 0.29) is 23.6 Å². The van der Waals surface area contributed by atoms with Crippen molar-refractivity contribution >= 4 is 34.0 Å². The van der Waals surface area contributed by atoms with Gasteiger partial charge in [-0.15, -0.1) is 0 Å². The summed E-state index contributed by atoms with van der Waals surface area (Å²) in [5, 5.41) is 11.1. The molecule has 2 aliphatic carbocycles. The molecule has 0 atom stereocenters. The van der Waals surface area contributed by atoms with Crippen LogP contribution in [0.1, 0.15) is 56.3 Å². The van der Waals surface area contributed by atoms with Crippen molar-refractivity contribution in [3.63, 3.8) is 0 Å². The molecule has 2 saturated carbocycles. The van der Waals surface area contributed by atoms with Crippen molar-refractivity contribution in [3.05, 3.63) is 48.3 Å². The zero-order chi connectivity index (χ0) is 25.3. The van der Waals surface area contributed by atoms with Crippen LogP contribution in [0, 0.1) is 11.3 Å². The van der Waals surface area contributed by atoms with Gasteiger partial charge in [-0.3, -0.25) is 4.79 Å². The van der Waals surface area contributed by atoms with E-state index >= 15 is 0 Å². The monoisotopic (exact) mass is 498 g/mol. The molecule has 3 aliphatic rings. The molecule has 2 heterocycles.